The van der Waals surface area contributed by atoms with E-state index in [1.165, 1.54) is 0 Å². The van der Waals surface area contributed by atoms with Crippen molar-refractivity contribution in [3.8, 4) is 5.75 Å². The number of rotatable bonds is 7. The number of ether oxygens (including phenoxy) is 2. The first kappa shape index (κ1) is 21.9. The summed E-state index contributed by atoms with van der Waals surface area (Å²) < 4.78 is 10.9. The van der Waals surface area contributed by atoms with Crippen molar-refractivity contribution in [2.45, 2.75) is 46.1 Å². The van der Waals surface area contributed by atoms with E-state index in [1.54, 1.807) is 0 Å². The molecule has 0 aromatic heterocycles. The molecule has 0 atom stereocenters. The van der Waals surface area contributed by atoms with Gasteiger partial charge in [-0.2, -0.15) is 0 Å². The van der Waals surface area contributed by atoms with Crippen LogP contribution >= 0.6 is 0 Å². The van der Waals surface area contributed by atoms with Gasteiger partial charge in [0.15, 0.2) is 0 Å². The first-order valence-corrected chi connectivity index (χ1v) is 10.0. The van der Waals surface area contributed by atoms with E-state index in [1.807, 2.05) is 50.8 Å². The number of benzene rings is 1. The molecule has 0 unspecified atom stereocenters. The molecule has 0 saturated carbocycles. The highest BCUT2D eigenvalue weighted by molar-refractivity contribution is 5.76. The lowest BCUT2D eigenvalue weighted by Gasteiger charge is -2.36. The van der Waals surface area contributed by atoms with E-state index in [0.717, 1.165) is 24.5 Å². The Balaban J connectivity index is 1.72. The molecule has 1 heterocycles. The molecule has 1 aromatic rings. The summed E-state index contributed by atoms with van der Waals surface area (Å²) in [4.78, 5) is 28.2. The van der Waals surface area contributed by atoms with Crippen molar-refractivity contribution in [1.29, 1.82) is 0 Å². The summed E-state index contributed by atoms with van der Waals surface area (Å²) in [6.07, 6.45) is 0.582. The Labute approximate surface area is 168 Å². The number of carbonyl (C=O) groups excluding carboxylic acids is 2. The van der Waals surface area contributed by atoms with Gasteiger partial charge in [-0.1, -0.05) is 12.1 Å². The van der Waals surface area contributed by atoms with Crippen LogP contribution in [0, 0.1) is 0 Å². The van der Waals surface area contributed by atoms with Crippen molar-refractivity contribution in [2.24, 2.45) is 0 Å². The maximum Gasteiger partial charge on any atom is 0.407 e. The molecule has 1 fully saturated rings. The fourth-order valence-electron chi connectivity index (χ4n) is 3.10. The van der Waals surface area contributed by atoms with Gasteiger partial charge in [0.1, 0.15) is 11.4 Å². The third-order valence-electron chi connectivity index (χ3n) is 4.37. The Morgan fingerprint density at radius 3 is 2.43 bits per heavy atom. The molecule has 1 N–H and O–H groups in total. The maximum atomic E-state index is 12.4. The molecular weight excluding hydrogens is 358 g/mol. The molecule has 1 aromatic carbocycles. The van der Waals surface area contributed by atoms with Crippen LogP contribution in [0.25, 0.3) is 0 Å². The quantitative estimate of drug-likeness (QED) is 0.724. The van der Waals surface area contributed by atoms with E-state index in [4.69, 9.17) is 9.47 Å². The van der Waals surface area contributed by atoms with Gasteiger partial charge in [-0.05, 0) is 46.2 Å². The Hall–Kier alpha value is -2.44. The summed E-state index contributed by atoms with van der Waals surface area (Å²) in [7, 11) is 0. The molecule has 1 saturated heterocycles. The number of hydrogen-bond donors (Lipinski definition) is 1. The monoisotopic (exact) mass is 391 g/mol. The molecule has 0 spiro atoms. The van der Waals surface area contributed by atoms with E-state index in [0.29, 0.717) is 39.1 Å². The van der Waals surface area contributed by atoms with Crippen LogP contribution < -0.4 is 15.0 Å². The molecule has 2 rings (SSSR count). The number of hydrogen-bond acceptors (Lipinski definition) is 5. The van der Waals surface area contributed by atoms with E-state index in [-0.39, 0.29) is 5.91 Å². The van der Waals surface area contributed by atoms with Gasteiger partial charge < -0.3 is 24.6 Å². The highest BCUT2D eigenvalue weighted by Gasteiger charge is 2.22. The van der Waals surface area contributed by atoms with Gasteiger partial charge in [0.2, 0.25) is 5.91 Å². The van der Waals surface area contributed by atoms with Crippen LogP contribution in [0.3, 0.4) is 0 Å². The Kier molecular flexibility index (Phi) is 7.96. The van der Waals surface area contributed by atoms with Gasteiger partial charge in [0.05, 0.1) is 12.3 Å². The number of carbonyl (C=O) groups is 2. The number of piperazine rings is 1. The van der Waals surface area contributed by atoms with Crippen molar-refractivity contribution in [1.82, 2.24) is 10.2 Å². The lowest BCUT2D eigenvalue weighted by molar-refractivity contribution is -0.131. The van der Waals surface area contributed by atoms with Crippen LogP contribution in [0.15, 0.2) is 24.3 Å². The topological polar surface area (TPSA) is 71.1 Å². The van der Waals surface area contributed by atoms with Crippen molar-refractivity contribution >= 4 is 17.7 Å². The Morgan fingerprint density at radius 2 is 1.79 bits per heavy atom. The SMILES string of the molecule is CCOc1ccccc1N1CCN(C(=O)CCCNC(=O)OC(C)(C)C)CC1. The van der Waals surface area contributed by atoms with Crippen LogP contribution in [-0.4, -0.2) is 61.8 Å². The molecule has 156 valence electrons. The fourth-order valence-corrected chi connectivity index (χ4v) is 3.10. The third kappa shape index (κ3) is 6.94. The Bertz CT molecular complexity index is 649. The van der Waals surface area contributed by atoms with Gasteiger partial charge in [0, 0.05) is 39.1 Å². The second kappa shape index (κ2) is 10.2. The van der Waals surface area contributed by atoms with Crippen LogP contribution in [0.1, 0.15) is 40.5 Å². The zero-order valence-corrected chi connectivity index (χ0v) is 17.5. The largest absolute Gasteiger partial charge is 0.492 e. The van der Waals surface area contributed by atoms with Gasteiger partial charge in [-0.25, -0.2) is 4.79 Å². The van der Waals surface area contributed by atoms with E-state index in [9.17, 15) is 9.59 Å². The third-order valence-corrected chi connectivity index (χ3v) is 4.37. The van der Waals surface area contributed by atoms with Crippen LogP contribution in [0.2, 0.25) is 0 Å². The zero-order chi connectivity index (χ0) is 20.6. The molecule has 1 aliphatic heterocycles. The zero-order valence-electron chi connectivity index (χ0n) is 17.5. The van der Waals surface area contributed by atoms with E-state index in [2.05, 4.69) is 16.3 Å². The predicted molar refractivity (Wildman–Crippen MR) is 110 cm³/mol. The van der Waals surface area contributed by atoms with Gasteiger partial charge >= 0.3 is 6.09 Å². The van der Waals surface area contributed by atoms with Crippen molar-refractivity contribution < 1.29 is 19.1 Å². The lowest BCUT2D eigenvalue weighted by atomic mass is 10.2. The van der Waals surface area contributed by atoms with Gasteiger partial charge in [-0.15, -0.1) is 0 Å². The summed E-state index contributed by atoms with van der Waals surface area (Å²) in [5.74, 6) is 1.02. The molecule has 0 aliphatic carbocycles. The second-order valence-corrected chi connectivity index (χ2v) is 7.80. The van der Waals surface area contributed by atoms with E-state index >= 15 is 0 Å². The maximum absolute atomic E-state index is 12.4. The predicted octanol–water partition coefficient (Wildman–Crippen LogP) is 3.04. The molecule has 2 amide bonds. The number of nitrogens with zero attached hydrogens (tertiary/aromatic N) is 2. The lowest BCUT2D eigenvalue weighted by Crippen LogP contribution is -2.49. The summed E-state index contributed by atoms with van der Waals surface area (Å²) in [6, 6.07) is 8.02. The van der Waals surface area contributed by atoms with Crippen LogP contribution in [-0.2, 0) is 9.53 Å². The second-order valence-electron chi connectivity index (χ2n) is 7.80. The van der Waals surface area contributed by atoms with Gasteiger partial charge in [0.25, 0.3) is 0 Å². The average Bonchev–Trinajstić information content (AvgIpc) is 2.64. The molecule has 28 heavy (non-hydrogen) atoms. The van der Waals surface area contributed by atoms with Crippen molar-refractivity contribution in [3.05, 3.63) is 24.3 Å². The van der Waals surface area contributed by atoms with Crippen LogP contribution in [0.5, 0.6) is 5.75 Å². The number of nitrogens with one attached hydrogen (secondary N) is 1. The van der Waals surface area contributed by atoms with Crippen molar-refractivity contribution in [3.63, 3.8) is 0 Å². The van der Waals surface area contributed by atoms with Crippen molar-refractivity contribution in [2.75, 3.05) is 44.2 Å². The average molecular weight is 392 g/mol. The molecule has 0 bridgehead atoms. The number of para-hydroxylation sites is 2. The highest BCUT2D eigenvalue weighted by Crippen LogP contribution is 2.28. The Morgan fingerprint density at radius 1 is 1.11 bits per heavy atom. The standard InChI is InChI=1S/C21H33N3O4/c1-5-27-18-10-7-6-9-17(18)23-13-15-24(16-14-23)19(25)11-8-12-22-20(26)28-21(2,3)4/h6-7,9-10H,5,8,11-16H2,1-4H3,(H,22,26). The molecule has 0 radical (unpaired) electrons. The smallest absolute Gasteiger partial charge is 0.407 e. The first-order valence-electron chi connectivity index (χ1n) is 10.0. The van der Waals surface area contributed by atoms with E-state index < -0.39 is 11.7 Å². The van der Waals surface area contributed by atoms with Gasteiger partial charge in [-0.3, -0.25) is 4.79 Å². The minimum absolute atomic E-state index is 0.128. The number of anilines is 1. The number of alkyl carbamates (subject to hydrolysis) is 1. The van der Waals surface area contributed by atoms with Crippen LogP contribution in [0.4, 0.5) is 10.5 Å². The fraction of sp³-hybridized carbons (Fsp3) is 0.619. The first-order chi connectivity index (χ1) is 13.3. The number of amides is 2. The molecule has 7 nitrogen and oxygen atoms in total. The normalized spacial score (nSPS) is 14.6. The molecule has 7 heteroatoms. The summed E-state index contributed by atoms with van der Waals surface area (Å²) >= 11 is 0. The molecular formula is C21H33N3O4. The minimum Gasteiger partial charge on any atom is -0.492 e. The highest BCUT2D eigenvalue weighted by atomic mass is 16.6. The summed E-state index contributed by atoms with van der Waals surface area (Å²) in [5, 5.41) is 2.69. The minimum atomic E-state index is -0.514. The molecule has 1 aliphatic rings. The summed E-state index contributed by atoms with van der Waals surface area (Å²) in [6.45, 7) is 11.5. The summed E-state index contributed by atoms with van der Waals surface area (Å²) in [5.41, 5.74) is 0.568.